The van der Waals surface area contributed by atoms with E-state index >= 15 is 0 Å². The van der Waals surface area contributed by atoms with Gasteiger partial charge in [0.15, 0.2) is 0 Å². The van der Waals surface area contributed by atoms with Crippen LogP contribution in [-0.2, 0) is 11.2 Å². The molecule has 9 nitrogen and oxygen atoms in total. The number of carboxylic acids is 2. The van der Waals surface area contributed by atoms with Crippen molar-refractivity contribution in [2.75, 3.05) is 49.5 Å². The molecule has 2 heterocycles. The van der Waals surface area contributed by atoms with E-state index in [4.69, 9.17) is 38.2 Å². The van der Waals surface area contributed by atoms with Crippen LogP contribution in [0.2, 0.25) is 10.0 Å². The molecule has 1 saturated heterocycles. The van der Waals surface area contributed by atoms with Crippen molar-refractivity contribution < 1.29 is 29.3 Å². The van der Waals surface area contributed by atoms with Crippen LogP contribution >= 0.6 is 23.2 Å². The zero-order valence-corrected chi connectivity index (χ0v) is 24.5. The van der Waals surface area contributed by atoms with Crippen LogP contribution in [0.5, 0.6) is 5.75 Å². The lowest BCUT2D eigenvalue weighted by molar-refractivity contribution is -0.116. The number of halogens is 2. The maximum absolute atomic E-state index is 11.5. The highest BCUT2D eigenvalue weighted by Gasteiger charge is 2.19. The molecule has 3 aromatic carbocycles. The van der Waals surface area contributed by atoms with Gasteiger partial charge in [-0.3, -0.25) is 9.69 Å². The molecule has 42 heavy (non-hydrogen) atoms. The highest BCUT2D eigenvalue weighted by atomic mass is 35.5. The molecule has 0 spiro atoms. The highest BCUT2D eigenvalue weighted by Crippen LogP contribution is 2.33. The van der Waals surface area contributed by atoms with Crippen LogP contribution in [0.15, 0.2) is 60.7 Å². The van der Waals surface area contributed by atoms with Gasteiger partial charge in [0, 0.05) is 44.4 Å². The SMILES string of the molecule is O=C(O)c1ccc(C(=O)O)cc1.O=C1CCc2ccc(OCCCCN3CCN(c4cccc(Cl)c4Cl)CC3)cc2N1. The number of amides is 1. The molecule has 0 unspecified atom stereocenters. The topological polar surface area (TPSA) is 119 Å². The lowest BCUT2D eigenvalue weighted by Gasteiger charge is -2.36. The summed E-state index contributed by atoms with van der Waals surface area (Å²) in [7, 11) is 0. The Kier molecular flexibility index (Phi) is 11.1. The van der Waals surface area contributed by atoms with Gasteiger partial charge < -0.3 is 25.2 Å². The Balaban J connectivity index is 0.000000283. The summed E-state index contributed by atoms with van der Waals surface area (Å²) in [6.45, 7) is 5.71. The number of aryl methyl sites for hydroxylation is 1. The summed E-state index contributed by atoms with van der Waals surface area (Å²) < 4.78 is 5.89. The molecule has 0 aliphatic carbocycles. The maximum atomic E-state index is 11.5. The number of nitrogens with zero attached hydrogens (tertiary/aromatic N) is 2. The van der Waals surface area contributed by atoms with E-state index in [1.807, 2.05) is 30.3 Å². The quantitative estimate of drug-likeness (QED) is 0.254. The van der Waals surface area contributed by atoms with Crippen LogP contribution in [0.4, 0.5) is 11.4 Å². The summed E-state index contributed by atoms with van der Waals surface area (Å²) in [6.07, 6.45) is 3.47. The van der Waals surface area contributed by atoms with Gasteiger partial charge in [-0.2, -0.15) is 0 Å². The van der Waals surface area contributed by atoms with Gasteiger partial charge in [-0.25, -0.2) is 9.59 Å². The molecule has 0 saturated carbocycles. The van der Waals surface area contributed by atoms with Crippen LogP contribution in [-0.4, -0.2) is 72.3 Å². The number of hydrogen-bond donors (Lipinski definition) is 3. The molecule has 0 aromatic heterocycles. The molecule has 11 heteroatoms. The molecular formula is C31H33Cl2N3O6. The molecule has 1 fully saturated rings. The number of nitrogens with one attached hydrogen (secondary N) is 1. The third kappa shape index (κ3) is 8.61. The monoisotopic (exact) mass is 613 g/mol. The molecule has 0 atom stereocenters. The fourth-order valence-electron chi connectivity index (χ4n) is 4.77. The molecular weight excluding hydrogens is 581 g/mol. The summed E-state index contributed by atoms with van der Waals surface area (Å²) in [4.78, 5) is 37.0. The number of hydrogen-bond acceptors (Lipinski definition) is 6. The number of carbonyl (C=O) groups excluding carboxylic acids is 1. The molecule has 1 amide bonds. The zero-order valence-electron chi connectivity index (χ0n) is 23.0. The van der Waals surface area contributed by atoms with Crippen molar-refractivity contribution in [3.8, 4) is 5.75 Å². The van der Waals surface area contributed by atoms with E-state index in [2.05, 4.69) is 21.2 Å². The second-order valence-corrected chi connectivity index (χ2v) is 10.8. The molecule has 5 rings (SSSR count). The molecule has 3 N–H and O–H groups in total. The van der Waals surface area contributed by atoms with Crippen LogP contribution in [0.3, 0.4) is 0 Å². The van der Waals surface area contributed by atoms with Gasteiger partial charge in [-0.05, 0) is 73.8 Å². The smallest absolute Gasteiger partial charge is 0.335 e. The summed E-state index contributed by atoms with van der Waals surface area (Å²) in [5, 5.41) is 21.1. The fourth-order valence-corrected chi connectivity index (χ4v) is 5.19. The van der Waals surface area contributed by atoms with Gasteiger partial charge in [0.05, 0.1) is 33.5 Å². The number of anilines is 2. The number of benzene rings is 3. The summed E-state index contributed by atoms with van der Waals surface area (Å²) >= 11 is 12.5. The second-order valence-electron chi connectivity index (χ2n) is 10.0. The standard InChI is InChI=1S/C23H27Cl2N3O2.C8H6O4/c24-19-4-3-5-21(23(19)25)28-13-11-27(12-14-28)10-1-2-15-30-18-8-6-17-7-9-22(29)26-20(17)16-18;9-7(10)5-1-2-6(4-3-5)8(11)12/h3-6,8,16H,1-2,7,9-15H2,(H,26,29);1-4H,(H,9,10)(H,11,12). The van der Waals surface area contributed by atoms with E-state index in [0.717, 1.165) is 69.1 Å². The number of ether oxygens (including phenoxy) is 1. The van der Waals surface area contributed by atoms with Crippen molar-refractivity contribution in [2.45, 2.75) is 25.7 Å². The molecule has 222 valence electrons. The fraction of sp³-hybridized carbons (Fsp3) is 0.323. The van der Waals surface area contributed by atoms with Crippen molar-refractivity contribution in [1.82, 2.24) is 4.90 Å². The van der Waals surface area contributed by atoms with E-state index in [-0.39, 0.29) is 17.0 Å². The Bertz CT molecular complexity index is 1380. The van der Waals surface area contributed by atoms with Crippen molar-refractivity contribution in [3.05, 3.63) is 87.4 Å². The number of rotatable bonds is 9. The maximum Gasteiger partial charge on any atom is 0.335 e. The highest BCUT2D eigenvalue weighted by molar-refractivity contribution is 6.43. The first-order valence-electron chi connectivity index (χ1n) is 13.7. The van der Waals surface area contributed by atoms with Crippen LogP contribution in [0.1, 0.15) is 45.5 Å². The van der Waals surface area contributed by atoms with E-state index < -0.39 is 11.9 Å². The van der Waals surface area contributed by atoms with Crippen molar-refractivity contribution in [2.24, 2.45) is 0 Å². The van der Waals surface area contributed by atoms with Crippen LogP contribution in [0.25, 0.3) is 0 Å². The predicted molar refractivity (Wildman–Crippen MR) is 164 cm³/mol. The van der Waals surface area contributed by atoms with Crippen molar-refractivity contribution in [1.29, 1.82) is 0 Å². The number of unbranched alkanes of at least 4 members (excludes halogenated alkanes) is 1. The van der Waals surface area contributed by atoms with E-state index in [1.54, 1.807) is 0 Å². The molecule has 3 aromatic rings. The Morgan fingerprint density at radius 3 is 2.17 bits per heavy atom. The number of carbonyl (C=O) groups is 3. The predicted octanol–water partition coefficient (Wildman–Crippen LogP) is 5.94. The number of carboxylic acid groups (broad SMARTS) is 2. The summed E-state index contributed by atoms with van der Waals surface area (Å²) in [6, 6.07) is 16.8. The van der Waals surface area contributed by atoms with E-state index in [9.17, 15) is 14.4 Å². The third-order valence-corrected chi connectivity index (χ3v) is 7.95. The van der Waals surface area contributed by atoms with Gasteiger partial charge in [0.1, 0.15) is 5.75 Å². The average molecular weight is 615 g/mol. The Morgan fingerprint density at radius 2 is 1.52 bits per heavy atom. The van der Waals surface area contributed by atoms with Gasteiger partial charge in [-0.15, -0.1) is 0 Å². The van der Waals surface area contributed by atoms with Crippen LogP contribution in [0, 0.1) is 0 Å². The summed E-state index contributed by atoms with van der Waals surface area (Å²) in [5.41, 5.74) is 3.26. The molecule has 0 bridgehead atoms. The minimum atomic E-state index is -1.06. The van der Waals surface area contributed by atoms with Crippen molar-refractivity contribution >= 4 is 52.4 Å². The largest absolute Gasteiger partial charge is 0.494 e. The molecule has 0 radical (unpaired) electrons. The third-order valence-electron chi connectivity index (χ3n) is 7.14. The summed E-state index contributed by atoms with van der Waals surface area (Å²) in [5.74, 6) is -1.22. The normalized spacial score (nSPS) is 14.7. The van der Waals surface area contributed by atoms with Crippen molar-refractivity contribution in [3.63, 3.8) is 0 Å². The first-order chi connectivity index (χ1) is 20.2. The van der Waals surface area contributed by atoms with Gasteiger partial charge in [0.2, 0.25) is 5.91 Å². The number of aromatic carboxylic acids is 2. The minimum Gasteiger partial charge on any atom is -0.494 e. The Labute approximate surface area is 254 Å². The zero-order chi connectivity index (χ0) is 30.1. The number of fused-ring (bicyclic) bond motifs is 1. The Morgan fingerprint density at radius 1 is 0.857 bits per heavy atom. The van der Waals surface area contributed by atoms with E-state index in [1.165, 1.54) is 29.8 Å². The lowest BCUT2D eigenvalue weighted by atomic mass is 10.0. The molecule has 2 aliphatic rings. The lowest BCUT2D eigenvalue weighted by Crippen LogP contribution is -2.46. The van der Waals surface area contributed by atoms with Crippen LogP contribution < -0.4 is 15.0 Å². The first kappa shape index (κ1) is 31.2. The second kappa shape index (κ2) is 14.9. The van der Waals surface area contributed by atoms with E-state index in [0.29, 0.717) is 23.1 Å². The Hall–Kier alpha value is -3.79. The van der Waals surface area contributed by atoms with Gasteiger partial charge in [-0.1, -0.05) is 35.3 Å². The minimum absolute atomic E-state index is 0.0809. The first-order valence-corrected chi connectivity index (χ1v) is 14.5. The van der Waals surface area contributed by atoms with Gasteiger partial charge >= 0.3 is 11.9 Å². The molecule has 2 aliphatic heterocycles. The average Bonchev–Trinajstić information content (AvgIpc) is 2.99. The van der Waals surface area contributed by atoms with Gasteiger partial charge in [0.25, 0.3) is 0 Å². The number of piperazine rings is 1.